The molecule has 0 spiro atoms. The number of hydrogen-bond donors (Lipinski definition) is 4. The van der Waals surface area contributed by atoms with Crippen LogP contribution in [0.2, 0.25) is 0 Å². The van der Waals surface area contributed by atoms with E-state index in [-0.39, 0.29) is 39.3 Å². The number of aliphatic hydroxyl groups excluding tert-OH is 1. The number of halogens is 3. The molecule has 4 aromatic rings. The summed E-state index contributed by atoms with van der Waals surface area (Å²) in [4.78, 5) is 15.0. The predicted octanol–water partition coefficient (Wildman–Crippen LogP) is 6.84. The molecule has 6 rings (SSSR count). The number of rotatable bonds is 4. The van der Waals surface area contributed by atoms with E-state index in [0.717, 1.165) is 38.2 Å². The summed E-state index contributed by atoms with van der Waals surface area (Å²) in [6.07, 6.45) is 13.8. The van der Waals surface area contributed by atoms with Gasteiger partial charge >= 0.3 is 12.5 Å². The number of thiol groups is 1. The van der Waals surface area contributed by atoms with Gasteiger partial charge in [-0.3, -0.25) is 4.98 Å². The average Bonchev–Trinajstić information content (AvgIpc) is 3.79. The van der Waals surface area contributed by atoms with Crippen molar-refractivity contribution in [2.75, 3.05) is 23.4 Å². The Balaban J connectivity index is 0.000000870. The Labute approximate surface area is 267 Å². The fourth-order valence-corrected chi connectivity index (χ4v) is 5.63. The van der Waals surface area contributed by atoms with Crippen LogP contribution in [0.1, 0.15) is 65.4 Å². The summed E-state index contributed by atoms with van der Waals surface area (Å²) in [6.45, 7) is 6.45. The zero-order valence-corrected chi connectivity index (χ0v) is 27.0. The molecule has 0 amide bonds. The molecule has 0 bridgehead atoms. The first-order valence-electron chi connectivity index (χ1n) is 15.1. The first-order valence-corrected chi connectivity index (χ1v) is 15.9. The molecular formula is C33H40F3N5O3S. The van der Waals surface area contributed by atoms with Gasteiger partial charge in [-0.05, 0) is 55.0 Å². The maximum absolute atomic E-state index is 16.3. The SMILES string of the molecule is C#Cc1c(F)c(F)cc2cc(N)cc(-c3ncc4c(N5CCCCCC6CC65)nc(OC(O)O)nc4c3F)c12.CC.CC.CS. The van der Waals surface area contributed by atoms with E-state index in [1.165, 1.54) is 18.3 Å². The molecule has 4 N–H and O–H groups in total. The Morgan fingerprint density at radius 3 is 2.42 bits per heavy atom. The second-order valence-corrected chi connectivity index (χ2v) is 9.92. The highest BCUT2D eigenvalue weighted by Gasteiger charge is 2.43. The largest absolute Gasteiger partial charge is 0.408 e. The third-order valence-electron chi connectivity index (χ3n) is 7.44. The quantitative estimate of drug-likeness (QED) is 0.0827. The average molecular weight is 644 g/mol. The lowest BCUT2D eigenvalue weighted by Gasteiger charge is -2.27. The molecule has 2 unspecified atom stereocenters. The van der Waals surface area contributed by atoms with Crippen LogP contribution in [-0.4, -0.2) is 50.5 Å². The van der Waals surface area contributed by atoms with E-state index < -0.39 is 35.5 Å². The fourth-order valence-electron chi connectivity index (χ4n) is 5.63. The van der Waals surface area contributed by atoms with Gasteiger partial charge in [0.1, 0.15) is 17.0 Å². The van der Waals surface area contributed by atoms with Gasteiger partial charge in [0.25, 0.3) is 0 Å². The molecule has 12 heteroatoms. The lowest BCUT2D eigenvalue weighted by molar-refractivity contribution is -0.183. The van der Waals surface area contributed by atoms with Crippen LogP contribution >= 0.6 is 12.6 Å². The van der Waals surface area contributed by atoms with E-state index in [4.69, 9.17) is 16.9 Å². The number of anilines is 2. The highest BCUT2D eigenvalue weighted by molar-refractivity contribution is 7.79. The van der Waals surface area contributed by atoms with Gasteiger partial charge in [0, 0.05) is 35.4 Å². The number of nitrogens with two attached hydrogens (primary N) is 1. The number of terminal acetylenes is 1. The Kier molecular flexibility index (Phi) is 12.7. The van der Waals surface area contributed by atoms with Crippen LogP contribution in [-0.2, 0) is 0 Å². The number of hydrogen-bond acceptors (Lipinski definition) is 9. The lowest BCUT2D eigenvalue weighted by Crippen LogP contribution is -2.31. The third kappa shape index (κ3) is 7.38. The van der Waals surface area contributed by atoms with Crippen LogP contribution in [0.4, 0.5) is 24.7 Å². The van der Waals surface area contributed by atoms with Crippen molar-refractivity contribution in [2.24, 2.45) is 5.92 Å². The van der Waals surface area contributed by atoms with Gasteiger partial charge in [0.2, 0.25) is 0 Å². The molecule has 8 nitrogen and oxygen atoms in total. The molecule has 1 aliphatic carbocycles. The molecule has 2 aromatic carbocycles. The summed E-state index contributed by atoms with van der Waals surface area (Å²) in [5, 5.41) is 19.4. The summed E-state index contributed by atoms with van der Waals surface area (Å²) in [5.74, 6) is -0.290. The molecule has 1 saturated carbocycles. The van der Waals surface area contributed by atoms with Crippen LogP contribution in [0.3, 0.4) is 0 Å². The van der Waals surface area contributed by atoms with E-state index in [1.807, 2.05) is 27.7 Å². The van der Waals surface area contributed by atoms with Gasteiger partial charge in [-0.15, -0.1) is 6.42 Å². The van der Waals surface area contributed by atoms with E-state index >= 15 is 4.39 Å². The number of aliphatic hydroxyl groups is 2. The van der Waals surface area contributed by atoms with E-state index in [1.54, 1.807) is 6.26 Å². The number of aromatic nitrogens is 3. The standard InChI is InChI=1S/C28H24F3N5O3.2C2H6.CH4S/c1-2-16-21-14(9-19(29)22(16)30)8-15(32)11-17(21)24-23(31)25-18(12-33-24)26(35-27(34-25)39-28(37)38)36-7-5-3-4-6-13-10-20(13)36;3*1-2/h1,8-9,11-13,20,28,37-38H,3-7,10,32H2;2*1-2H3;2H,1H3. The Morgan fingerprint density at radius 1 is 1.04 bits per heavy atom. The maximum Gasteiger partial charge on any atom is 0.323 e. The molecule has 2 fully saturated rings. The van der Waals surface area contributed by atoms with Crippen LogP contribution in [0.5, 0.6) is 6.01 Å². The number of pyridine rings is 1. The van der Waals surface area contributed by atoms with Crippen molar-refractivity contribution in [2.45, 2.75) is 72.3 Å². The number of fused-ring (bicyclic) bond motifs is 3. The number of ether oxygens (including phenoxy) is 1. The third-order valence-corrected chi connectivity index (χ3v) is 7.44. The monoisotopic (exact) mass is 643 g/mol. The van der Waals surface area contributed by atoms with Crippen LogP contribution in [0.25, 0.3) is 32.9 Å². The van der Waals surface area contributed by atoms with Gasteiger partial charge in [0.15, 0.2) is 17.5 Å². The van der Waals surface area contributed by atoms with E-state index in [0.29, 0.717) is 23.7 Å². The predicted molar refractivity (Wildman–Crippen MR) is 177 cm³/mol. The van der Waals surface area contributed by atoms with Crippen molar-refractivity contribution in [3.8, 4) is 29.6 Å². The van der Waals surface area contributed by atoms with Gasteiger partial charge in [-0.2, -0.15) is 22.6 Å². The van der Waals surface area contributed by atoms with Crippen LogP contribution in [0, 0.1) is 35.7 Å². The zero-order valence-electron chi connectivity index (χ0n) is 26.1. The second-order valence-electron chi connectivity index (χ2n) is 9.92. The molecule has 1 aliphatic heterocycles. The minimum atomic E-state index is -2.23. The van der Waals surface area contributed by atoms with Gasteiger partial charge in [0.05, 0.1) is 10.9 Å². The Bertz CT molecular complexity index is 1680. The summed E-state index contributed by atoms with van der Waals surface area (Å²) in [5.41, 5.74) is 5.40. The van der Waals surface area contributed by atoms with Crippen molar-refractivity contribution in [1.29, 1.82) is 0 Å². The molecule has 2 aliphatic rings. The first-order chi connectivity index (χ1) is 21.8. The van der Waals surface area contributed by atoms with Gasteiger partial charge in [-0.25, -0.2) is 13.2 Å². The number of benzene rings is 2. The van der Waals surface area contributed by atoms with Crippen molar-refractivity contribution >= 4 is 45.8 Å². The molecular weight excluding hydrogens is 603 g/mol. The fraction of sp³-hybridized carbons (Fsp3) is 0.424. The highest BCUT2D eigenvalue weighted by atomic mass is 32.1. The summed E-state index contributed by atoms with van der Waals surface area (Å²) < 4.78 is 50.2. The molecule has 1 saturated heterocycles. The minimum Gasteiger partial charge on any atom is -0.408 e. The summed E-state index contributed by atoms with van der Waals surface area (Å²) >= 11 is 3.53. The normalized spacial score (nSPS) is 16.9. The van der Waals surface area contributed by atoms with Crippen LogP contribution < -0.4 is 15.4 Å². The minimum absolute atomic E-state index is 0.0505. The van der Waals surface area contributed by atoms with E-state index in [9.17, 15) is 19.0 Å². The second kappa shape index (κ2) is 16.0. The van der Waals surface area contributed by atoms with Gasteiger partial charge < -0.3 is 25.6 Å². The maximum atomic E-state index is 16.3. The molecule has 242 valence electrons. The molecule has 3 heterocycles. The highest BCUT2D eigenvalue weighted by Crippen LogP contribution is 2.45. The molecule has 2 atom stereocenters. The first kappa shape index (κ1) is 35.7. The molecule has 2 aromatic heterocycles. The number of nitrogen functional groups attached to an aromatic ring is 1. The Hall–Kier alpha value is -3.79. The topological polar surface area (TPSA) is 118 Å². The van der Waals surface area contributed by atoms with Crippen molar-refractivity contribution in [3.63, 3.8) is 0 Å². The molecule has 45 heavy (non-hydrogen) atoms. The van der Waals surface area contributed by atoms with Crippen molar-refractivity contribution in [1.82, 2.24) is 15.0 Å². The summed E-state index contributed by atoms with van der Waals surface area (Å²) in [6, 6.07) is 3.50. The van der Waals surface area contributed by atoms with Crippen LogP contribution in [0.15, 0.2) is 24.4 Å². The summed E-state index contributed by atoms with van der Waals surface area (Å²) in [7, 11) is 0. The lowest BCUT2D eigenvalue weighted by atomic mass is 9.95. The van der Waals surface area contributed by atoms with Crippen molar-refractivity contribution in [3.05, 3.63) is 47.4 Å². The van der Waals surface area contributed by atoms with Gasteiger partial charge in [-0.1, -0.05) is 46.5 Å². The van der Waals surface area contributed by atoms with E-state index in [2.05, 4.69) is 38.4 Å². The molecule has 0 radical (unpaired) electrons. The Morgan fingerprint density at radius 2 is 1.76 bits per heavy atom. The zero-order chi connectivity index (χ0) is 33.4. The smallest absolute Gasteiger partial charge is 0.323 e. The number of nitrogens with zero attached hydrogens (tertiary/aromatic N) is 4. The van der Waals surface area contributed by atoms with Crippen molar-refractivity contribution < 1.29 is 28.1 Å².